The van der Waals surface area contributed by atoms with E-state index in [9.17, 15) is 4.79 Å². The van der Waals surface area contributed by atoms with Crippen molar-refractivity contribution in [3.05, 3.63) is 33.8 Å². The molecule has 1 aliphatic heterocycles. The van der Waals surface area contributed by atoms with E-state index in [4.69, 9.17) is 23.2 Å². The predicted octanol–water partition coefficient (Wildman–Crippen LogP) is 1.69. The molecule has 0 aliphatic carbocycles. The second kappa shape index (κ2) is 4.39. The molecule has 1 amide bonds. The zero-order valence-corrected chi connectivity index (χ0v) is 9.40. The van der Waals surface area contributed by atoms with Gasteiger partial charge in [0, 0.05) is 13.1 Å². The number of rotatable bonds is 2. The van der Waals surface area contributed by atoms with Gasteiger partial charge in [0.1, 0.15) is 0 Å². The Bertz CT molecular complexity index is 391. The van der Waals surface area contributed by atoms with E-state index in [1.165, 1.54) is 0 Å². The molecule has 1 heterocycles. The Hall–Kier alpha value is -0.770. The summed E-state index contributed by atoms with van der Waals surface area (Å²) < 4.78 is 0. The molecule has 3 nitrogen and oxygen atoms in total. The monoisotopic (exact) mass is 244 g/mol. The van der Waals surface area contributed by atoms with Crippen molar-refractivity contribution in [1.82, 2.24) is 10.6 Å². The summed E-state index contributed by atoms with van der Waals surface area (Å²) in [5.41, 5.74) is 0.427. The van der Waals surface area contributed by atoms with Crippen molar-refractivity contribution in [1.29, 1.82) is 0 Å². The quantitative estimate of drug-likeness (QED) is 0.832. The third kappa shape index (κ3) is 2.25. The minimum absolute atomic E-state index is 0.172. The van der Waals surface area contributed by atoms with Gasteiger partial charge in [0.25, 0.3) is 5.91 Å². The van der Waals surface area contributed by atoms with Gasteiger partial charge in [0.05, 0.1) is 21.7 Å². The molecule has 0 aromatic heterocycles. The van der Waals surface area contributed by atoms with E-state index >= 15 is 0 Å². The maximum atomic E-state index is 11.7. The molecule has 1 fully saturated rings. The minimum atomic E-state index is -0.172. The van der Waals surface area contributed by atoms with Crippen LogP contribution in [0.5, 0.6) is 0 Å². The highest BCUT2D eigenvalue weighted by Crippen LogP contribution is 2.25. The van der Waals surface area contributed by atoms with Gasteiger partial charge in [-0.15, -0.1) is 0 Å². The van der Waals surface area contributed by atoms with E-state index in [0.717, 1.165) is 13.1 Å². The Morgan fingerprint density at radius 3 is 2.73 bits per heavy atom. The number of carbonyl (C=O) groups excluding carboxylic acids is 1. The fraction of sp³-hybridized carbons (Fsp3) is 0.300. The molecule has 1 aromatic carbocycles. The van der Waals surface area contributed by atoms with Crippen LogP contribution in [0, 0.1) is 0 Å². The first-order valence-electron chi connectivity index (χ1n) is 4.64. The Labute approximate surface area is 97.8 Å². The van der Waals surface area contributed by atoms with Crippen molar-refractivity contribution < 1.29 is 4.79 Å². The molecule has 15 heavy (non-hydrogen) atoms. The van der Waals surface area contributed by atoms with E-state index in [0.29, 0.717) is 15.6 Å². The lowest BCUT2D eigenvalue weighted by atomic mass is 10.1. The van der Waals surface area contributed by atoms with Crippen molar-refractivity contribution in [2.45, 2.75) is 6.04 Å². The second-order valence-electron chi connectivity index (χ2n) is 3.43. The van der Waals surface area contributed by atoms with Crippen LogP contribution >= 0.6 is 23.2 Å². The van der Waals surface area contributed by atoms with Crippen molar-refractivity contribution in [3.63, 3.8) is 0 Å². The predicted molar refractivity (Wildman–Crippen MR) is 60.6 cm³/mol. The number of halogens is 2. The van der Waals surface area contributed by atoms with Crippen LogP contribution in [0.25, 0.3) is 0 Å². The maximum Gasteiger partial charge on any atom is 0.253 e. The van der Waals surface area contributed by atoms with Gasteiger partial charge in [-0.1, -0.05) is 29.3 Å². The van der Waals surface area contributed by atoms with Crippen LogP contribution in [-0.2, 0) is 0 Å². The summed E-state index contributed by atoms with van der Waals surface area (Å²) in [4.78, 5) is 11.7. The molecular formula is C10H10Cl2N2O. The number of hydrogen-bond acceptors (Lipinski definition) is 2. The molecule has 0 bridgehead atoms. The van der Waals surface area contributed by atoms with Crippen LogP contribution in [0.4, 0.5) is 0 Å². The topological polar surface area (TPSA) is 41.1 Å². The third-order valence-electron chi connectivity index (χ3n) is 2.31. The van der Waals surface area contributed by atoms with E-state index in [1.807, 2.05) is 0 Å². The normalized spacial score (nSPS) is 15.9. The number of nitrogens with one attached hydrogen (secondary N) is 2. The Morgan fingerprint density at radius 1 is 1.40 bits per heavy atom. The fourth-order valence-corrected chi connectivity index (χ4v) is 1.72. The van der Waals surface area contributed by atoms with Crippen LogP contribution in [0.1, 0.15) is 10.4 Å². The van der Waals surface area contributed by atoms with E-state index < -0.39 is 0 Å². The Morgan fingerprint density at radius 2 is 2.13 bits per heavy atom. The molecular weight excluding hydrogens is 235 g/mol. The summed E-state index contributed by atoms with van der Waals surface area (Å²) in [6.45, 7) is 1.62. The first-order valence-corrected chi connectivity index (χ1v) is 5.39. The summed E-state index contributed by atoms with van der Waals surface area (Å²) in [5, 5.41) is 6.63. The molecule has 0 unspecified atom stereocenters. The fourth-order valence-electron chi connectivity index (χ4n) is 1.33. The second-order valence-corrected chi connectivity index (χ2v) is 4.22. The smallest absolute Gasteiger partial charge is 0.253 e. The van der Waals surface area contributed by atoms with E-state index in [2.05, 4.69) is 10.6 Å². The van der Waals surface area contributed by atoms with Crippen LogP contribution in [0.3, 0.4) is 0 Å². The Kier molecular flexibility index (Phi) is 3.14. The summed E-state index contributed by atoms with van der Waals surface area (Å²) in [6, 6.07) is 5.23. The van der Waals surface area contributed by atoms with Gasteiger partial charge in [-0.25, -0.2) is 0 Å². The zero-order valence-electron chi connectivity index (χ0n) is 7.89. The number of amides is 1. The zero-order chi connectivity index (χ0) is 10.8. The highest BCUT2D eigenvalue weighted by atomic mass is 35.5. The summed E-state index contributed by atoms with van der Waals surface area (Å²) in [7, 11) is 0. The van der Waals surface area contributed by atoms with Gasteiger partial charge in [0.2, 0.25) is 0 Å². The molecule has 2 rings (SSSR count). The van der Waals surface area contributed by atoms with Crippen molar-refractivity contribution >= 4 is 29.1 Å². The van der Waals surface area contributed by atoms with Crippen LogP contribution in [0.2, 0.25) is 10.0 Å². The number of benzene rings is 1. The lowest BCUT2D eigenvalue weighted by Crippen LogP contribution is -2.56. The van der Waals surface area contributed by atoms with Crippen molar-refractivity contribution in [3.8, 4) is 0 Å². The lowest BCUT2D eigenvalue weighted by molar-refractivity contribution is 0.0924. The SMILES string of the molecule is O=C(NC1CNC1)c1cccc(Cl)c1Cl. The van der Waals surface area contributed by atoms with Gasteiger partial charge in [-0.3, -0.25) is 4.79 Å². The van der Waals surface area contributed by atoms with Crippen molar-refractivity contribution in [2.75, 3.05) is 13.1 Å². The average Bonchev–Trinajstić information content (AvgIpc) is 2.15. The molecule has 2 N–H and O–H groups in total. The van der Waals surface area contributed by atoms with Crippen LogP contribution < -0.4 is 10.6 Å². The highest BCUT2D eigenvalue weighted by molar-refractivity contribution is 6.43. The largest absolute Gasteiger partial charge is 0.347 e. The van der Waals surface area contributed by atoms with Gasteiger partial charge >= 0.3 is 0 Å². The molecule has 1 saturated heterocycles. The molecule has 0 saturated carbocycles. The molecule has 0 atom stereocenters. The van der Waals surface area contributed by atoms with Gasteiger partial charge in [0.15, 0.2) is 0 Å². The molecule has 5 heteroatoms. The summed E-state index contributed by atoms with van der Waals surface area (Å²) in [5.74, 6) is -0.172. The van der Waals surface area contributed by atoms with Crippen LogP contribution in [0.15, 0.2) is 18.2 Å². The summed E-state index contributed by atoms with van der Waals surface area (Å²) >= 11 is 11.7. The molecule has 0 radical (unpaired) electrons. The van der Waals surface area contributed by atoms with Crippen molar-refractivity contribution in [2.24, 2.45) is 0 Å². The Balaban J connectivity index is 2.13. The summed E-state index contributed by atoms with van der Waals surface area (Å²) in [6.07, 6.45) is 0. The standard InChI is InChI=1S/C10H10Cl2N2O/c11-8-3-1-2-7(9(8)12)10(15)14-6-4-13-5-6/h1-3,6,13H,4-5H2,(H,14,15). The number of hydrogen-bond donors (Lipinski definition) is 2. The van der Waals surface area contributed by atoms with Gasteiger partial charge in [-0.2, -0.15) is 0 Å². The molecule has 0 spiro atoms. The van der Waals surface area contributed by atoms with Gasteiger partial charge < -0.3 is 10.6 Å². The maximum absolute atomic E-state index is 11.7. The van der Waals surface area contributed by atoms with Crippen LogP contribution in [-0.4, -0.2) is 25.0 Å². The molecule has 80 valence electrons. The molecule has 1 aromatic rings. The average molecular weight is 245 g/mol. The first kappa shape index (κ1) is 10.7. The van der Waals surface area contributed by atoms with Gasteiger partial charge in [-0.05, 0) is 12.1 Å². The minimum Gasteiger partial charge on any atom is -0.347 e. The van der Waals surface area contributed by atoms with E-state index in [1.54, 1.807) is 18.2 Å². The number of carbonyl (C=O) groups is 1. The lowest BCUT2D eigenvalue weighted by Gasteiger charge is -2.28. The highest BCUT2D eigenvalue weighted by Gasteiger charge is 2.21. The molecule has 1 aliphatic rings. The third-order valence-corrected chi connectivity index (χ3v) is 3.13. The van der Waals surface area contributed by atoms with E-state index in [-0.39, 0.29) is 11.9 Å². The first-order chi connectivity index (χ1) is 7.18.